The average molecular weight is 181 g/mol. The van der Waals surface area contributed by atoms with Gasteiger partial charge in [-0.15, -0.1) is 0 Å². The van der Waals surface area contributed by atoms with E-state index in [1.807, 2.05) is 0 Å². The molecule has 0 aliphatic carbocycles. The standard InChI is InChI=1S/C10H12FNO/c1-8(11)6-12-10-4-2-3-9(5-10)7-13/h2-5,7-8,12H,6H2,1H3. The first-order valence-corrected chi connectivity index (χ1v) is 4.15. The number of anilines is 1. The maximum atomic E-state index is 12.4. The number of halogens is 1. The number of rotatable bonds is 4. The Bertz CT molecular complexity index is 286. The van der Waals surface area contributed by atoms with Crippen molar-refractivity contribution in [2.24, 2.45) is 0 Å². The summed E-state index contributed by atoms with van der Waals surface area (Å²) in [6.45, 7) is 1.75. The molecule has 70 valence electrons. The van der Waals surface area contributed by atoms with Crippen molar-refractivity contribution >= 4 is 12.0 Å². The maximum Gasteiger partial charge on any atom is 0.150 e. The lowest BCUT2D eigenvalue weighted by Gasteiger charge is -2.06. The van der Waals surface area contributed by atoms with Gasteiger partial charge in [0.25, 0.3) is 0 Å². The normalized spacial score (nSPS) is 12.2. The van der Waals surface area contributed by atoms with E-state index in [1.54, 1.807) is 24.3 Å². The summed E-state index contributed by atoms with van der Waals surface area (Å²) in [7, 11) is 0. The van der Waals surface area contributed by atoms with Crippen molar-refractivity contribution in [1.82, 2.24) is 0 Å². The second kappa shape index (κ2) is 4.60. The Morgan fingerprint density at radius 3 is 3.00 bits per heavy atom. The Labute approximate surface area is 76.8 Å². The number of carbonyl (C=O) groups is 1. The molecular formula is C10H12FNO. The highest BCUT2D eigenvalue weighted by Gasteiger charge is 1.98. The van der Waals surface area contributed by atoms with Gasteiger partial charge < -0.3 is 5.32 Å². The zero-order chi connectivity index (χ0) is 9.68. The van der Waals surface area contributed by atoms with E-state index in [0.717, 1.165) is 12.0 Å². The van der Waals surface area contributed by atoms with Crippen LogP contribution in [-0.2, 0) is 0 Å². The molecule has 2 nitrogen and oxygen atoms in total. The van der Waals surface area contributed by atoms with Gasteiger partial charge in [0, 0.05) is 17.8 Å². The van der Waals surface area contributed by atoms with E-state index in [0.29, 0.717) is 5.56 Å². The molecule has 1 rings (SSSR count). The molecule has 0 aliphatic rings. The van der Waals surface area contributed by atoms with E-state index in [1.165, 1.54) is 6.92 Å². The number of hydrogen-bond donors (Lipinski definition) is 1. The fourth-order valence-electron chi connectivity index (χ4n) is 0.980. The number of carbonyl (C=O) groups excluding carboxylic acids is 1. The first-order valence-electron chi connectivity index (χ1n) is 4.15. The Morgan fingerprint density at radius 2 is 2.38 bits per heavy atom. The first kappa shape index (κ1) is 9.71. The van der Waals surface area contributed by atoms with Gasteiger partial charge in [-0.05, 0) is 19.1 Å². The number of hydrogen-bond acceptors (Lipinski definition) is 2. The minimum Gasteiger partial charge on any atom is -0.382 e. The second-order valence-electron chi connectivity index (χ2n) is 2.90. The van der Waals surface area contributed by atoms with Gasteiger partial charge in [0.2, 0.25) is 0 Å². The lowest BCUT2D eigenvalue weighted by Crippen LogP contribution is -2.11. The third kappa shape index (κ3) is 3.23. The summed E-state index contributed by atoms with van der Waals surface area (Å²) >= 11 is 0. The predicted octanol–water partition coefficient (Wildman–Crippen LogP) is 2.27. The molecule has 0 aliphatic heterocycles. The lowest BCUT2D eigenvalue weighted by atomic mass is 10.2. The fraction of sp³-hybridized carbons (Fsp3) is 0.300. The number of alkyl halides is 1. The predicted molar refractivity (Wildman–Crippen MR) is 50.9 cm³/mol. The summed E-state index contributed by atoms with van der Waals surface area (Å²) in [6.07, 6.45) is -0.121. The van der Waals surface area contributed by atoms with Crippen LogP contribution in [0.3, 0.4) is 0 Å². The van der Waals surface area contributed by atoms with Crippen LogP contribution in [0.25, 0.3) is 0 Å². The zero-order valence-electron chi connectivity index (χ0n) is 7.46. The summed E-state index contributed by atoms with van der Waals surface area (Å²) in [5.74, 6) is 0. The SMILES string of the molecule is CC(F)CNc1cccc(C=O)c1. The molecule has 0 amide bonds. The van der Waals surface area contributed by atoms with E-state index in [-0.39, 0.29) is 6.54 Å². The minimum atomic E-state index is -0.889. The van der Waals surface area contributed by atoms with Gasteiger partial charge >= 0.3 is 0 Å². The molecule has 3 heteroatoms. The second-order valence-corrected chi connectivity index (χ2v) is 2.90. The molecule has 0 bridgehead atoms. The lowest BCUT2D eigenvalue weighted by molar-refractivity contribution is 0.112. The summed E-state index contributed by atoms with van der Waals surface area (Å²) in [6, 6.07) is 6.96. The van der Waals surface area contributed by atoms with Crippen molar-refractivity contribution in [3.8, 4) is 0 Å². The molecular weight excluding hydrogens is 169 g/mol. The van der Waals surface area contributed by atoms with Crippen molar-refractivity contribution in [3.63, 3.8) is 0 Å². The van der Waals surface area contributed by atoms with Crippen molar-refractivity contribution in [3.05, 3.63) is 29.8 Å². The van der Waals surface area contributed by atoms with Crippen molar-refractivity contribution in [2.45, 2.75) is 13.1 Å². The van der Waals surface area contributed by atoms with E-state index >= 15 is 0 Å². The number of aldehydes is 1. The summed E-state index contributed by atoms with van der Waals surface area (Å²) < 4.78 is 12.4. The van der Waals surface area contributed by atoms with Crippen LogP contribution in [0.1, 0.15) is 17.3 Å². The Hall–Kier alpha value is -1.38. The molecule has 1 N–H and O–H groups in total. The van der Waals surface area contributed by atoms with Gasteiger partial charge in [-0.2, -0.15) is 0 Å². The van der Waals surface area contributed by atoms with E-state index in [4.69, 9.17) is 0 Å². The van der Waals surface area contributed by atoms with E-state index in [9.17, 15) is 9.18 Å². The Balaban J connectivity index is 2.61. The Kier molecular flexibility index (Phi) is 3.43. The van der Waals surface area contributed by atoms with Crippen LogP contribution in [0.2, 0.25) is 0 Å². The number of benzene rings is 1. The third-order valence-corrected chi connectivity index (χ3v) is 1.61. The molecule has 0 spiro atoms. The topological polar surface area (TPSA) is 29.1 Å². The molecule has 0 aromatic heterocycles. The third-order valence-electron chi connectivity index (χ3n) is 1.61. The molecule has 1 aromatic carbocycles. The van der Waals surface area contributed by atoms with Crippen molar-refractivity contribution < 1.29 is 9.18 Å². The fourth-order valence-corrected chi connectivity index (χ4v) is 0.980. The monoisotopic (exact) mass is 181 g/mol. The highest BCUT2D eigenvalue weighted by Crippen LogP contribution is 2.08. The van der Waals surface area contributed by atoms with Crippen LogP contribution in [0.5, 0.6) is 0 Å². The first-order chi connectivity index (χ1) is 6.22. The summed E-state index contributed by atoms with van der Waals surface area (Å²) in [5.41, 5.74) is 1.37. The average Bonchev–Trinajstić information content (AvgIpc) is 2.15. The van der Waals surface area contributed by atoms with Crippen LogP contribution < -0.4 is 5.32 Å². The quantitative estimate of drug-likeness (QED) is 0.722. The van der Waals surface area contributed by atoms with Gasteiger partial charge in [0.15, 0.2) is 0 Å². The van der Waals surface area contributed by atoms with Crippen LogP contribution in [0.15, 0.2) is 24.3 Å². The van der Waals surface area contributed by atoms with Crippen molar-refractivity contribution in [2.75, 3.05) is 11.9 Å². The highest BCUT2D eigenvalue weighted by atomic mass is 19.1. The zero-order valence-corrected chi connectivity index (χ0v) is 7.46. The molecule has 0 radical (unpaired) electrons. The molecule has 0 fully saturated rings. The van der Waals surface area contributed by atoms with Gasteiger partial charge in [-0.1, -0.05) is 12.1 Å². The molecule has 1 atom stereocenters. The summed E-state index contributed by atoms with van der Waals surface area (Å²) in [4.78, 5) is 10.4. The van der Waals surface area contributed by atoms with E-state index in [2.05, 4.69) is 5.32 Å². The smallest absolute Gasteiger partial charge is 0.150 e. The van der Waals surface area contributed by atoms with Gasteiger partial charge in [-0.3, -0.25) is 4.79 Å². The van der Waals surface area contributed by atoms with Crippen LogP contribution in [0.4, 0.5) is 10.1 Å². The molecule has 1 aromatic rings. The molecule has 1 unspecified atom stereocenters. The Morgan fingerprint density at radius 1 is 1.62 bits per heavy atom. The molecule has 13 heavy (non-hydrogen) atoms. The largest absolute Gasteiger partial charge is 0.382 e. The molecule has 0 heterocycles. The number of nitrogens with one attached hydrogen (secondary N) is 1. The van der Waals surface area contributed by atoms with Crippen LogP contribution in [0, 0.1) is 0 Å². The maximum absolute atomic E-state index is 12.4. The van der Waals surface area contributed by atoms with Crippen LogP contribution in [-0.4, -0.2) is 19.0 Å². The van der Waals surface area contributed by atoms with E-state index < -0.39 is 6.17 Å². The highest BCUT2D eigenvalue weighted by molar-refractivity contribution is 5.76. The van der Waals surface area contributed by atoms with Gasteiger partial charge in [0.1, 0.15) is 12.5 Å². The minimum absolute atomic E-state index is 0.266. The van der Waals surface area contributed by atoms with Crippen molar-refractivity contribution in [1.29, 1.82) is 0 Å². The summed E-state index contributed by atoms with van der Waals surface area (Å²) in [5, 5.41) is 2.88. The van der Waals surface area contributed by atoms with Crippen LogP contribution >= 0.6 is 0 Å². The molecule has 0 saturated carbocycles. The van der Waals surface area contributed by atoms with Gasteiger partial charge in [0.05, 0.1) is 0 Å². The van der Waals surface area contributed by atoms with Gasteiger partial charge in [-0.25, -0.2) is 4.39 Å². The molecule has 0 saturated heterocycles.